The van der Waals surface area contributed by atoms with Crippen LogP contribution in [0.5, 0.6) is 0 Å². The Kier molecular flexibility index (Phi) is 4.41. The van der Waals surface area contributed by atoms with Crippen molar-refractivity contribution in [1.82, 2.24) is 5.32 Å². The number of nitrogens with one attached hydrogen (secondary N) is 2. The fourth-order valence-electron chi connectivity index (χ4n) is 2.50. The summed E-state index contributed by atoms with van der Waals surface area (Å²) in [6, 6.07) is 9.12. The number of hydrogen-bond acceptors (Lipinski definition) is 2. The van der Waals surface area contributed by atoms with Crippen molar-refractivity contribution >= 4 is 23.3 Å². The molecule has 0 bridgehead atoms. The van der Waals surface area contributed by atoms with Crippen molar-refractivity contribution in [3.05, 3.63) is 59.7 Å². The highest BCUT2D eigenvalue weighted by Gasteiger charge is 2.20. The zero-order chi connectivity index (χ0) is 17.1. The van der Waals surface area contributed by atoms with Gasteiger partial charge in [-0.25, -0.2) is 13.6 Å². The summed E-state index contributed by atoms with van der Waals surface area (Å²) >= 11 is 0. The van der Waals surface area contributed by atoms with E-state index in [1.165, 1.54) is 0 Å². The van der Waals surface area contributed by atoms with E-state index in [1.807, 2.05) is 0 Å². The number of amides is 3. The number of nitrogens with zero attached hydrogens (tertiary/aromatic N) is 1. The molecule has 3 rings (SSSR count). The molecule has 2 aromatic rings. The Morgan fingerprint density at radius 3 is 2.79 bits per heavy atom. The summed E-state index contributed by atoms with van der Waals surface area (Å²) in [5, 5.41) is 5.26. The van der Waals surface area contributed by atoms with Crippen LogP contribution in [0.25, 0.3) is 0 Å². The Bertz CT molecular complexity index is 795. The minimum atomic E-state index is -0.805. The lowest BCUT2D eigenvalue weighted by atomic mass is 10.1. The summed E-state index contributed by atoms with van der Waals surface area (Å²) in [7, 11) is 0. The van der Waals surface area contributed by atoms with Crippen LogP contribution < -0.4 is 15.5 Å². The van der Waals surface area contributed by atoms with Crippen LogP contribution in [0.4, 0.5) is 25.0 Å². The number of anilines is 2. The minimum absolute atomic E-state index is 0.207. The van der Waals surface area contributed by atoms with E-state index in [1.54, 1.807) is 29.2 Å². The molecule has 124 valence electrons. The van der Waals surface area contributed by atoms with E-state index in [0.717, 1.165) is 24.6 Å². The minimum Gasteiger partial charge on any atom is -0.338 e. The van der Waals surface area contributed by atoms with E-state index in [2.05, 4.69) is 10.6 Å². The number of rotatable bonds is 3. The van der Waals surface area contributed by atoms with Crippen LogP contribution >= 0.6 is 0 Å². The zero-order valence-corrected chi connectivity index (χ0v) is 12.7. The Labute approximate surface area is 137 Å². The van der Waals surface area contributed by atoms with E-state index in [0.29, 0.717) is 24.5 Å². The summed E-state index contributed by atoms with van der Waals surface area (Å²) in [6.45, 7) is 1.20. The maximum atomic E-state index is 13.7. The molecule has 1 fully saturated rings. The van der Waals surface area contributed by atoms with Crippen LogP contribution in [-0.4, -0.2) is 25.0 Å². The Morgan fingerprint density at radius 1 is 1.17 bits per heavy atom. The number of carbonyl (C=O) groups is 2. The Hall–Kier alpha value is -2.96. The van der Waals surface area contributed by atoms with Gasteiger partial charge >= 0.3 is 6.03 Å². The van der Waals surface area contributed by atoms with E-state index in [-0.39, 0.29) is 11.6 Å². The first-order valence-electron chi connectivity index (χ1n) is 7.46. The van der Waals surface area contributed by atoms with Crippen LogP contribution in [0.15, 0.2) is 42.5 Å². The molecule has 0 spiro atoms. The third-order valence-electron chi connectivity index (χ3n) is 3.67. The molecule has 2 N–H and O–H groups in total. The molecule has 0 aliphatic carbocycles. The second-order valence-electron chi connectivity index (χ2n) is 5.37. The normalized spacial score (nSPS) is 14.2. The lowest BCUT2D eigenvalue weighted by molar-refractivity contribution is 0.102. The van der Waals surface area contributed by atoms with Crippen LogP contribution in [-0.2, 0) is 0 Å². The molecule has 5 nitrogen and oxygen atoms in total. The van der Waals surface area contributed by atoms with Crippen molar-refractivity contribution in [3.8, 4) is 0 Å². The molecule has 0 aromatic heterocycles. The molecule has 1 heterocycles. The monoisotopic (exact) mass is 331 g/mol. The zero-order valence-electron chi connectivity index (χ0n) is 12.7. The van der Waals surface area contributed by atoms with E-state index in [4.69, 9.17) is 0 Å². The van der Waals surface area contributed by atoms with Crippen LogP contribution in [0.3, 0.4) is 0 Å². The smallest absolute Gasteiger partial charge is 0.321 e. The topological polar surface area (TPSA) is 61.4 Å². The van der Waals surface area contributed by atoms with Crippen molar-refractivity contribution in [2.75, 3.05) is 23.3 Å². The van der Waals surface area contributed by atoms with Crippen molar-refractivity contribution in [2.24, 2.45) is 0 Å². The van der Waals surface area contributed by atoms with Crippen molar-refractivity contribution in [2.45, 2.75) is 6.42 Å². The highest BCUT2D eigenvalue weighted by Crippen LogP contribution is 2.22. The van der Waals surface area contributed by atoms with E-state index in [9.17, 15) is 18.4 Å². The molecule has 1 aliphatic heterocycles. The summed E-state index contributed by atoms with van der Waals surface area (Å²) < 4.78 is 26.9. The van der Waals surface area contributed by atoms with Crippen LogP contribution in [0, 0.1) is 11.6 Å². The highest BCUT2D eigenvalue weighted by atomic mass is 19.1. The molecular weight excluding hydrogens is 316 g/mol. The lowest BCUT2D eigenvalue weighted by Gasteiger charge is -2.27. The van der Waals surface area contributed by atoms with Gasteiger partial charge in [-0.1, -0.05) is 6.07 Å². The molecule has 7 heteroatoms. The number of carbonyl (C=O) groups excluding carboxylic acids is 2. The molecular formula is C17H15F2N3O2. The van der Waals surface area contributed by atoms with Gasteiger partial charge < -0.3 is 10.6 Å². The van der Waals surface area contributed by atoms with Gasteiger partial charge in [0.05, 0.1) is 5.56 Å². The van der Waals surface area contributed by atoms with Crippen molar-refractivity contribution < 1.29 is 18.4 Å². The van der Waals surface area contributed by atoms with Crippen LogP contribution in [0.1, 0.15) is 16.8 Å². The maximum Gasteiger partial charge on any atom is 0.321 e. The fourth-order valence-corrected chi connectivity index (χ4v) is 2.50. The number of benzene rings is 2. The first kappa shape index (κ1) is 15.9. The first-order chi connectivity index (χ1) is 11.5. The van der Waals surface area contributed by atoms with E-state index >= 15 is 0 Å². The van der Waals surface area contributed by atoms with Crippen molar-refractivity contribution in [3.63, 3.8) is 0 Å². The van der Waals surface area contributed by atoms with Gasteiger partial charge in [-0.05, 0) is 42.8 Å². The second-order valence-corrected chi connectivity index (χ2v) is 5.37. The Morgan fingerprint density at radius 2 is 2.00 bits per heavy atom. The van der Waals surface area contributed by atoms with Gasteiger partial charge in [0.15, 0.2) is 0 Å². The number of hydrogen-bond donors (Lipinski definition) is 2. The molecule has 0 saturated carbocycles. The van der Waals surface area contributed by atoms with Crippen molar-refractivity contribution in [1.29, 1.82) is 0 Å². The predicted octanol–water partition coefficient (Wildman–Crippen LogP) is 3.14. The van der Waals surface area contributed by atoms with Gasteiger partial charge in [0.25, 0.3) is 5.91 Å². The van der Waals surface area contributed by atoms with Gasteiger partial charge in [-0.15, -0.1) is 0 Å². The lowest BCUT2D eigenvalue weighted by Crippen LogP contribution is -2.46. The summed E-state index contributed by atoms with van der Waals surface area (Å²) in [6.07, 6.45) is 0.816. The van der Waals surface area contributed by atoms with Gasteiger partial charge in [0.1, 0.15) is 11.6 Å². The SMILES string of the molecule is O=C(Nc1cccc(N2CCCNC2=O)c1)c1cc(F)ccc1F. The molecule has 0 atom stereocenters. The van der Waals surface area contributed by atoms with Gasteiger partial charge in [-0.3, -0.25) is 9.69 Å². The van der Waals surface area contributed by atoms with Crippen LogP contribution in [0.2, 0.25) is 0 Å². The average Bonchev–Trinajstić information content (AvgIpc) is 2.57. The molecule has 24 heavy (non-hydrogen) atoms. The molecule has 1 aliphatic rings. The highest BCUT2D eigenvalue weighted by molar-refractivity contribution is 6.05. The Balaban J connectivity index is 1.80. The summed E-state index contributed by atoms with van der Waals surface area (Å²) in [5.41, 5.74) is 0.625. The largest absolute Gasteiger partial charge is 0.338 e. The van der Waals surface area contributed by atoms with Gasteiger partial charge in [0.2, 0.25) is 0 Å². The van der Waals surface area contributed by atoms with E-state index < -0.39 is 17.5 Å². The summed E-state index contributed by atoms with van der Waals surface area (Å²) in [4.78, 5) is 25.6. The third kappa shape index (κ3) is 3.34. The molecule has 1 saturated heterocycles. The molecule has 0 radical (unpaired) electrons. The molecule has 0 unspecified atom stereocenters. The average molecular weight is 331 g/mol. The second kappa shape index (κ2) is 6.66. The number of halogens is 2. The quantitative estimate of drug-likeness (QED) is 0.908. The third-order valence-corrected chi connectivity index (χ3v) is 3.67. The fraction of sp³-hybridized carbons (Fsp3) is 0.176. The molecule has 3 amide bonds. The van der Waals surface area contributed by atoms with Gasteiger partial charge in [0, 0.05) is 24.5 Å². The predicted molar refractivity (Wildman–Crippen MR) is 86.1 cm³/mol. The summed E-state index contributed by atoms with van der Waals surface area (Å²) in [5.74, 6) is -2.26. The number of urea groups is 1. The molecule has 2 aromatic carbocycles. The maximum absolute atomic E-state index is 13.7. The standard InChI is InChI=1S/C17H15F2N3O2/c18-11-5-6-15(19)14(9-11)16(23)21-12-3-1-4-13(10-12)22-8-2-7-20-17(22)24/h1,3-6,9-10H,2,7-8H2,(H,20,24)(H,21,23). The van der Waals surface area contributed by atoms with Gasteiger partial charge in [-0.2, -0.15) is 0 Å². The first-order valence-corrected chi connectivity index (χ1v) is 7.46.